The molecule has 126 valence electrons. The van der Waals surface area contributed by atoms with E-state index in [1.54, 1.807) is 29.2 Å². The van der Waals surface area contributed by atoms with E-state index in [0.717, 1.165) is 10.5 Å². The number of likely N-dealkylation sites (tertiary alicyclic amines) is 1. The molecule has 0 bridgehead atoms. The summed E-state index contributed by atoms with van der Waals surface area (Å²) >= 11 is 3.30. The van der Waals surface area contributed by atoms with Crippen LogP contribution in [0.25, 0.3) is 0 Å². The normalized spacial score (nSPS) is 15.1. The Bertz CT molecular complexity index is 744. The number of ether oxygens (including phenoxy) is 1. The number of nitrogens with zero attached hydrogens (tertiary/aromatic N) is 2. The topological polar surface area (TPSA) is 42.4 Å². The summed E-state index contributed by atoms with van der Waals surface area (Å²) in [5.41, 5.74) is -0.448. The molecule has 1 aliphatic rings. The number of hydrogen-bond donors (Lipinski definition) is 0. The number of hydrogen-bond acceptors (Lipinski definition) is 3. The molecule has 0 spiro atoms. The van der Waals surface area contributed by atoms with Gasteiger partial charge in [-0.05, 0) is 30.3 Å². The van der Waals surface area contributed by atoms with E-state index >= 15 is 0 Å². The first kappa shape index (κ1) is 16.8. The molecule has 0 aliphatic carbocycles. The molecule has 0 radical (unpaired) electrons. The van der Waals surface area contributed by atoms with Crippen LogP contribution in [0.5, 0.6) is 5.88 Å². The summed E-state index contributed by atoms with van der Waals surface area (Å²) in [6.45, 7) is 0.625. The molecule has 24 heavy (non-hydrogen) atoms. The Morgan fingerprint density at radius 2 is 1.83 bits per heavy atom. The van der Waals surface area contributed by atoms with Crippen molar-refractivity contribution < 1.29 is 22.7 Å². The number of pyridine rings is 1. The number of carbonyl (C=O) groups excluding carboxylic acids is 1. The zero-order chi connectivity index (χ0) is 17.3. The molecule has 1 aliphatic heterocycles. The number of carbonyl (C=O) groups is 1. The molecule has 1 saturated heterocycles. The third-order valence-corrected chi connectivity index (χ3v) is 4.06. The van der Waals surface area contributed by atoms with Crippen LogP contribution in [-0.4, -0.2) is 35.0 Å². The first-order chi connectivity index (χ1) is 11.3. The molecule has 2 aromatic rings. The highest BCUT2D eigenvalue weighted by Crippen LogP contribution is 2.29. The van der Waals surface area contributed by atoms with Crippen LogP contribution in [-0.2, 0) is 6.18 Å². The summed E-state index contributed by atoms with van der Waals surface area (Å²) in [6.07, 6.45) is -4.87. The van der Waals surface area contributed by atoms with Gasteiger partial charge in [0.05, 0.1) is 13.1 Å². The van der Waals surface area contributed by atoms with Crippen LogP contribution in [0.2, 0.25) is 0 Å². The molecule has 0 saturated carbocycles. The van der Waals surface area contributed by atoms with Crippen molar-refractivity contribution in [3.8, 4) is 5.88 Å². The number of halogens is 4. The lowest BCUT2D eigenvalue weighted by Crippen LogP contribution is -2.56. The standard InChI is InChI=1S/C16H12BrF3N2O2/c17-11-6-4-10(5-7-11)15(23)22-8-12(9-22)24-14-3-1-2-13(21-14)16(18,19)20/h1-7,12H,8-9H2. The average molecular weight is 401 g/mol. The van der Waals surface area contributed by atoms with Gasteiger partial charge in [0.1, 0.15) is 11.8 Å². The van der Waals surface area contributed by atoms with Crippen LogP contribution in [0.15, 0.2) is 46.9 Å². The number of alkyl halides is 3. The molecule has 1 aromatic carbocycles. The molecule has 1 amide bonds. The number of benzene rings is 1. The third-order valence-electron chi connectivity index (χ3n) is 3.53. The fourth-order valence-electron chi connectivity index (χ4n) is 2.26. The van der Waals surface area contributed by atoms with E-state index in [9.17, 15) is 18.0 Å². The minimum absolute atomic E-state index is 0.0921. The largest absolute Gasteiger partial charge is 0.471 e. The van der Waals surface area contributed by atoms with E-state index in [1.165, 1.54) is 12.1 Å². The molecule has 2 heterocycles. The second-order valence-electron chi connectivity index (χ2n) is 5.32. The molecule has 0 unspecified atom stereocenters. The Morgan fingerprint density at radius 3 is 2.46 bits per heavy atom. The van der Waals surface area contributed by atoms with E-state index in [-0.39, 0.29) is 17.9 Å². The van der Waals surface area contributed by atoms with Crippen LogP contribution in [0.4, 0.5) is 13.2 Å². The van der Waals surface area contributed by atoms with E-state index in [2.05, 4.69) is 20.9 Å². The Hall–Kier alpha value is -2.09. The van der Waals surface area contributed by atoms with E-state index in [1.807, 2.05) is 0 Å². The summed E-state index contributed by atoms with van der Waals surface area (Å²) in [5.74, 6) is -0.232. The predicted octanol–water partition coefficient (Wildman–Crippen LogP) is 3.77. The minimum Gasteiger partial charge on any atom is -0.471 e. The van der Waals surface area contributed by atoms with Crippen molar-refractivity contribution in [1.82, 2.24) is 9.88 Å². The van der Waals surface area contributed by atoms with E-state index in [0.29, 0.717) is 18.7 Å². The molecule has 8 heteroatoms. The Morgan fingerprint density at radius 1 is 1.17 bits per heavy atom. The van der Waals surface area contributed by atoms with Gasteiger partial charge in [0.25, 0.3) is 5.91 Å². The van der Waals surface area contributed by atoms with Crippen LogP contribution < -0.4 is 4.74 Å². The number of aromatic nitrogens is 1. The molecular formula is C16H12BrF3N2O2. The van der Waals surface area contributed by atoms with Gasteiger partial charge in [-0.15, -0.1) is 0 Å². The smallest absolute Gasteiger partial charge is 0.433 e. The lowest BCUT2D eigenvalue weighted by molar-refractivity contribution is -0.141. The first-order valence-corrected chi connectivity index (χ1v) is 7.88. The summed E-state index contributed by atoms with van der Waals surface area (Å²) in [6, 6.07) is 10.4. The molecule has 3 rings (SSSR count). The lowest BCUT2D eigenvalue weighted by Gasteiger charge is -2.38. The summed E-state index contributed by atoms with van der Waals surface area (Å²) in [4.78, 5) is 17.2. The summed E-state index contributed by atoms with van der Waals surface area (Å²) in [7, 11) is 0. The van der Waals surface area contributed by atoms with Gasteiger partial charge < -0.3 is 9.64 Å². The van der Waals surface area contributed by atoms with Crippen molar-refractivity contribution in [2.45, 2.75) is 12.3 Å². The Balaban J connectivity index is 1.57. The zero-order valence-corrected chi connectivity index (χ0v) is 13.8. The summed E-state index contributed by atoms with van der Waals surface area (Å²) in [5, 5.41) is 0. The van der Waals surface area contributed by atoms with Crippen LogP contribution in [0.1, 0.15) is 16.1 Å². The van der Waals surface area contributed by atoms with Crippen LogP contribution in [0.3, 0.4) is 0 Å². The van der Waals surface area contributed by atoms with E-state index < -0.39 is 11.9 Å². The first-order valence-electron chi connectivity index (χ1n) is 7.09. The average Bonchev–Trinajstić information content (AvgIpc) is 2.50. The molecule has 0 N–H and O–H groups in total. The third kappa shape index (κ3) is 3.69. The minimum atomic E-state index is -4.51. The van der Waals surface area contributed by atoms with Crippen molar-refractivity contribution in [1.29, 1.82) is 0 Å². The zero-order valence-electron chi connectivity index (χ0n) is 12.3. The van der Waals surface area contributed by atoms with E-state index in [4.69, 9.17) is 4.74 Å². The van der Waals surface area contributed by atoms with Crippen molar-refractivity contribution in [2.24, 2.45) is 0 Å². The van der Waals surface area contributed by atoms with Crippen molar-refractivity contribution in [3.63, 3.8) is 0 Å². The number of rotatable bonds is 3. The number of amides is 1. The second-order valence-corrected chi connectivity index (χ2v) is 6.23. The monoisotopic (exact) mass is 400 g/mol. The van der Waals surface area contributed by atoms with Crippen molar-refractivity contribution >= 4 is 21.8 Å². The van der Waals surface area contributed by atoms with Gasteiger partial charge in [-0.2, -0.15) is 13.2 Å². The van der Waals surface area contributed by atoms with Gasteiger partial charge in [-0.1, -0.05) is 22.0 Å². The van der Waals surface area contributed by atoms with Gasteiger partial charge in [-0.25, -0.2) is 4.98 Å². The van der Waals surface area contributed by atoms with Crippen LogP contribution in [0, 0.1) is 0 Å². The van der Waals surface area contributed by atoms with Gasteiger partial charge in [-0.3, -0.25) is 4.79 Å². The van der Waals surface area contributed by atoms with Gasteiger partial charge >= 0.3 is 6.18 Å². The molecule has 1 fully saturated rings. The fourth-order valence-corrected chi connectivity index (χ4v) is 2.53. The second kappa shape index (κ2) is 6.43. The highest BCUT2D eigenvalue weighted by Gasteiger charge is 2.35. The Labute approximate surface area is 144 Å². The molecule has 4 nitrogen and oxygen atoms in total. The predicted molar refractivity (Wildman–Crippen MR) is 83.7 cm³/mol. The van der Waals surface area contributed by atoms with Crippen molar-refractivity contribution in [2.75, 3.05) is 13.1 Å². The quantitative estimate of drug-likeness (QED) is 0.787. The molecular weight excluding hydrogens is 389 g/mol. The Kier molecular flexibility index (Phi) is 4.49. The maximum atomic E-state index is 12.6. The van der Waals surface area contributed by atoms with Gasteiger partial charge in [0, 0.05) is 16.1 Å². The molecule has 1 aromatic heterocycles. The lowest BCUT2D eigenvalue weighted by atomic mass is 10.1. The van der Waals surface area contributed by atoms with Gasteiger partial charge in [0.2, 0.25) is 5.88 Å². The van der Waals surface area contributed by atoms with Crippen LogP contribution >= 0.6 is 15.9 Å². The maximum Gasteiger partial charge on any atom is 0.433 e. The fraction of sp³-hybridized carbons (Fsp3) is 0.250. The highest BCUT2D eigenvalue weighted by atomic mass is 79.9. The SMILES string of the molecule is O=C(c1ccc(Br)cc1)N1CC(Oc2cccc(C(F)(F)F)n2)C1. The van der Waals surface area contributed by atoms with Gasteiger partial charge in [0.15, 0.2) is 0 Å². The van der Waals surface area contributed by atoms with Crippen molar-refractivity contribution in [3.05, 3.63) is 58.2 Å². The highest BCUT2D eigenvalue weighted by molar-refractivity contribution is 9.10. The molecule has 0 atom stereocenters. The summed E-state index contributed by atoms with van der Waals surface area (Å²) < 4.78 is 44.1. The maximum absolute atomic E-state index is 12.6.